The maximum Gasteiger partial charge on any atom is 0.317 e. The third-order valence-electron chi connectivity index (χ3n) is 3.51. The molecule has 2 amide bonds. The van der Waals surface area contributed by atoms with E-state index in [-0.39, 0.29) is 18.5 Å². The first-order chi connectivity index (χ1) is 11.3. The van der Waals surface area contributed by atoms with Crippen LogP contribution in [0.4, 0.5) is 4.79 Å². The number of carboxylic acids is 1. The van der Waals surface area contributed by atoms with Gasteiger partial charge >= 0.3 is 12.0 Å². The van der Waals surface area contributed by atoms with Gasteiger partial charge in [-0.15, -0.1) is 11.8 Å². The molecule has 134 valence electrons. The zero-order chi connectivity index (χ0) is 18.1. The topological polar surface area (TPSA) is 78.9 Å². The van der Waals surface area contributed by atoms with Gasteiger partial charge < -0.3 is 20.1 Å². The lowest BCUT2D eigenvalue weighted by atomic mass is 10.2. The van der Waals surface area contributed by atoms with Crippen LogP contribution in [0.5, 0.6) is 5.75 Å². The number of thioether (sulfide) groups is 1. The molecule has 6 nitrogen and oxygen atoms in total. The standard InChI is InChI=1S/C17H26N2O4S/c1-12(11-24-15-8-6-5-7-14(15)23-4)9-18-17(22)19(3)10-13(2)16(20)21/h5-8,12-13H,9-11H2,1-4H3,(H,18,22)(H,20,21). The molecule has 0 heterocycles. The molecule has 2 N–H and O–H groups in total. The number of nitrogens with zero attached hydrogens (tertiary/aromatic N) is 1. The van der Waals surface area contributed by atoms with E-state index in [2.05, 4.69) is 12.2 Å². The fraction of sp³-hybridized carbons (Fsp3) is 0.529. The molecule has 1 rings (SSSR count). The summed E-state index contributed by atoms with van der Waals surface area (Å²) in [4.78, 5) is 25.3. The molecule has 0 aliphatic heterocycles. The Bertz CT molecular complexity index is 553. The number of carbonyl (C=O) groups excluding carboxylic acids is 1. The van der Waals surface area contributed by atoms with Crippen LogP contribution in [0, 0.1) is 11.8 Å². The Morgan fingerprint density at radius 3 is 2.62 bits per heavy atom. The quantitative estimate of drug-likeness (QED) is 0.667. The van der Waals surface area contributed by atoms with Gasteiger partial charge in [-0.1, -0.05) is 26.0 Å². The first-order valence-corrected chi connectivity index (χ1v) is 8.81. The largest absolute Gasteiger partial charge is 0.496 e. The van der Waals surface area contributed by atoms with E-state index in [1.54, 1.807) is 32.8 Å². The molecule has 2 atom stereocenters. The van der Waals surface area contributed by atoms with E-state index in [4.69, 9.17) is 9.84 Å². The van der Waals surface area contributed by atoms with Crippen LogP contribution in [0.1, 0.15) is 13.8 Å². The number of carboxylic acid groups (broad SMARTS) is 1. The summed E-state index contributed by atoms with van der Waals surface area (Å²) in [6.45, 7) is 4.36. The molecular formula is C17H26N2O4S. The third kappa shape index (κ3) is 6.70. The molecule has 1 aromatic carbocycles. The summed E-state index contributed by atoms with van der Waals surface area (Å²) in [5, 5.41) is 11.7. The second-order valence-corrected chi connectivity index (χ2v) is 6.93. The van der Waals surface area contributed by atoms with E-state index in [9.17, 15) is 9.59 Å². The highest BCUT2D eigenvalue weighted by Crippen LogP contribution is 2.29. The Morgan fingerprint density at radius 2 is 2.00 bits per heavy atom. The van der Waals surface area contributed by atoms with Crippen molar-refractivity contribution in [1.29, 1.82) is 0 Å². The van der Waals surface area contributed by atoms with Gasteiger partial charge in [-0.2, -0.15) is 0 Å². The Labute approximate surface area is 147 Å². The van der Waals surface area contributed by atoms with Gasteiger partial charge in [0.1, 0.15) is 5.75 Å². The van der Waals surface area contributed by atoms with Crippen LogP contribution in [-0.4, -0.2) is 55.0 Å². The van der Waals surface area contributed by atoms with Crippen molar-refractivity contribution in [3.63, 3.8) is 0 Å². The third-order valence-corrected chi connectivity index (χ3v) is 4.89. The number of carbonyl (C=O) groups is 2. The van der Waals surface area contributed by atoms with Crippen LogP contribution in [0.25, 0.3) is 0 Å². The van der Waals surface area contributed by atoms with Gasteiger partial charge in [0.25, 0.3) is 0 Å². The molecule has 0 aromatic heterocycles. The molecule has 0 aliphatic rings. The number of amides is 2. The fourth-order valence-corrected chi connectivity index (χ4v) is 3.05. The van der Waals surface area contributed by atoms with E-state index < -0.39 is 11.9 Å². The van der Waals surface area contributed by atoms with Crippen molar-refractivity contribution in [2.24, 2.45) is 11.8 Å². The SMILES string of the molecule is COc1ccccc1SCC(C)CNC(=O)N(C)CC(C)C(=O)O. The zero-order valence-corrected chi connectivity index (χ0v) is 15.4. The Morgan fingerprint density at radius 1 is 1.33 bits per heavy atom. The predicted molar refractivity (Wildman–Crippen MR) is 95.7 cm³/mol. The molecule has 0 aliphatic carbocycles. The van der Waals surface area contributed by atoms with Gasteiger partial charge in [0.05, 0.1) is 13.0 Å². The van der Waals surface area contributed by atoms with E-state index in [0.29, 0.717) is 6.54 Å². The monoisotopic (exact) mass is 354 g/mol. The number of rotatable bonds is 9. The van der Waals surface area contributed by atoms with Crippen LogP contribution in [0.3, 0.4) is 0 Å². The molecule has 7 heteroatoms. The van der Waals surface area contributed by atoms with Crippen molar-refractivity contribution in [1.82, 2.24) is 10.2 Å². The number of benzene rings is 1. The van der Waals surface area contributed by atoms with Gasteiger partial charge in [-0.3, -0.25) is 4.79 Å². The van der Waals surface area contributed by atoms with Crippen LogP contribution < -0.4 is 10.1 Å². The first kappa shape index (κ1) is 20.2. The maximum absolute atomic E-state index is 12.0. The molecule has 0 saturated heterocycles. The average molecular weight is 354 g/mol. The Balaban J connectivity index is 2.36. The van der Waals surface area contributed by atoms with Gasteiger partial charge in [0, 0.05) is 30.8 Å². The van der Waals surface area contributed by atoms with E-state index in [1.165, 1.54) is 4.90 Å². The van der Waals surface area contributed by atoms with Crippen molar-refractivity contribution in [2.75, 3.05) is 33.0 Å². The minimum atomic E-state index is -0.906. The summed E-state index contributed by atoms with van der Waals surface area (Å²) in [7, 11) is 3.25. The lowest BCUT2D eigenvalue weighted by molar-refractivity contribution is -0.141. The average Bonchev–Trinajstić information content (AvgIpc) is 2.57. The Kier molecular flexibility index (Phi) is 8.46. The summed E-state index contributed by atoms with van der Waals surface area (Å²) in [5.74, 6) is 0.474. The van der Waals surface area contributed by atoms with Crippen LogP contribution in [0.15, 0.2) is 29.2 Å². The molecule has 0 radical (unpaired) electrons. The molecule has 24 heavy (non-hydrogen) atoms. The summed E-state index contributed by atoms with van der Waals surface area (Å²) >= 11 is 1.69. The number of hydrogen-bond donors (Lipinski definition) is 2. The minimum Gasteiger partial charge on any atom is -0.496 e. The van der Waals surface area contributed by atoms with Crippen LogP contribution >= 0.6 is 11.8 Å². The molecule has 0 bridgehead atoms. The van der Waals surface area contributed by atoms with Gasteiger partial charge in [0.15, 0.2) is 0 Å². The van der Waals surface area contributed by atoms with Crippen molar-refractivity contribution < 1.29 is 19.4 Å². The highest BCUT2D eigenvalue weighted by molar-refractivity contribution is 7.99. The number of hydrogen-bond acceptors (Lipinski definition) is 4. The van der Waals surface area contributed by atoms with Gasteiger partial charge in [-0.25, -0.2) is 4.79 Å². The van der Waals surface area contributed by atoms with Crippen molar-refractivity contribution in [3.05, 3.63) is 24.3 Å². The van der Waals surface area contributed by atoms with Crippen molar-refractivity contribution in [2.45, 2.75) is 18.7 Å². The summed E-state index contributed by atoms with van der Waals surface area (Å²) in [6.07, 6.45) is 0. The van der Waals surface area contributed by atoms with Crippen molar-refractivity contribution in [3.8, 4) is 5.75 Å². The lowest BCUT2D eigenvalue weighted by Crippen LogP contribution is -2.42. The van der Waals surface area contributed by atoms with E-state index >= 15 is 0 Å². The molecular weight excluding hydrogens is 328 g/mol. The summed E-state index contributed by atoms with van der Waals surface area (Å²) < 4.78 is 5.32. The number of para-hydroxylation sites is 1. The minimum absolute atomic E-state index is 0.186. The maximum atomic E-state index is 12.0. The van der Waals surface area contributed by atoms with Crippen LogP contribution in [-0.2, 0) is 4.79 Å². The molecule has 2 unspecified atom stereocenters. The number of nitrogens with one attached hydrogen (secondary N) is 1. The predicted octanol–water partition coefficient (Wildman–Crippen LogP) is 2.79. The van der Waals surface area contributed by atoms with Gasteiger partial charge in [-0.05, 0) is 18.1 Å². The van der Waals surface area contributed by atoms with Crippen LogP contribution in [0.2, 0.25) is 0 Å². The highest BCUT2D eigenvalue weighted by atomic mass is 32.2. The highest BCUT2D eigenvalue weighted by Gasteiger charge is 2.17. The van der Waals surface area contributed by atoms with Gasteiger partial charge in [0.2, 0.25) is 0 Å². The smallest absolute Gasteiger partial charge is 0.317 e. The second kappa shape index (κ2) is 10.1. The normalized spacial score (nSPS) is 13.0. The molecule has 0 fully saturated rings. The number of aliphatic carboxylic acids is 1. The summed E-state index contributed by atoms with van der Waals surface area (Å²) in [5.41, 5.74) is 0. The molecule has 1 aromatic rings. The summed E-state index contributed by atoms with van der Waals surface area (Å²) in [6, 6.07) is 7.58. The fourth-order valence-electron chi connectivity index (χ4n) is 2.00. The van der Waals surface area contributed by atoms with E-state index in [1.807, 2.05) is 24.3 Å². The van der Waals surface area contributed by atoms with Crippen molar-refractivity contribution >= 4 is 23.8 Å². The lowest BCUT2D eigenvalue weighted by Gasteiger charge is -2.21. The molecule has 0 spiro atoms. The number of ether oxygens (including phenoxy) is 1. The Hall–Kier alpha value is -1.89. The van der Waals surface area contributed by atoms with E-state index in [0.717, 1.165) is 16.4 Å². The number of urea groups is 1. The first-order valence-electron chi connectivity index (χ1n) is 7.82. The second-order valence-electron chi connectivity index (χ2n) is 5.87. The number of methoxy groups -OCH3 is 1. The zero-order valence-electron chi connectivity index (χ0n) is 14.6. The molecule has 0 saturated carbocycles.